The van der Waals surface area contributed by atoms with Gasteiger partial charge >= 0.3 is 6.09 Å². The highest BCUT2D eigenvalue weighted by atomic mass is 32.2. The van der Waals surface area contributed by atoms with E-state index in [0.29, 0.717) is 6.54 Å². The third kappa shape index (κ3) is 8.89. The van der Waals surface area contributed by atoms with Crippen molar-refractivity contribution in [2.45, 2.75) is 47.1 Å². The molecule has 0 radical (unpaired) electrons. The smallest absolute Gasteiger partial charge is 0.407 e. The monoisotopic (exact) mass is 247 g/mol. The van der Waals surface area contributed by atoms with Gasteiger partial charge in [-0.1, -0.05) is 20.8 Å². The third-order valence-corrected chi connectivity index (χ3v) is 3.20. The number of hydrogen-bond acceptors (Lipinski definition) is 3. The fourth-order valence-corrected chi connectivity index (χ4v) is 1.91. The first kappa shape index (κ1) is 15.6. The quantitative estimate of drug-likeness (QED) is 0.810. The van der Waals surface area contributed by atoms with Crippen LogP contribution in [0.3, 0.4) is 0 Å². The van der Waals surface area contributed by atoms with E-state index in [4.69, 9.17) is 4.74 Å². The van der Waals surface area contributed by atoms with Crippen molar-refractivity contribution >= 4 is 17.9 Å². The summed E-state index contributed by atoms with van der Waals surface area (Å²) < 4.78 is 5.18. The Morgan fingerprint density at radius 1 is 1.25 bits per heavy atom. The van der Waals surface area contributed by atoms with Crippen molar-refractivity contribution in [3.8, 4) is 0 Å². The lowest BCUT2D eigenvalue weighted by Crippen LogP contribution is -2.38. The SMILES string of the molecule is CCSCC(C)(C)CNC(=O)OC(C)(C)C. The second kappa shape index (κ2) is 6.38. The maximum absolute atomic E-state index is 11.4. The van der Waals surface area contributed by atoms with Gasteiger partial charge in [0.05, 0.1) is 0 Å². The Labute approximate surface area is 104 Å². The molecule has 3 nitrogen and oxygen atoms in total. The molecule has 0 spiro atoms. The molecule has 1 amide bonds. The molecule has 0 fully saturated rings. The average Bonchev–Trinajstić information content (AvgIpc) is 2.09. The highest BCUT2D eigenvalue weighted by Gasteiger charge is 2.21. The Bertz CT molecular complexity index is 222. The van der Waals surface area contributed by atoms with Gasteiger partial charge in [0.1, 0.15) is 5.60 Å². The molecule has 0 unspecified atom stereocenters. The van der Waals surface area contributed by atoms with Crippen LogP contribution in [0.15, 0.2) is 0 Å². The van der Waals surface area contributed by atoms with Crippen LogP contribution in [0, 0.1) is 5.41 Å². The van der Waals surface area contributed by atoms with E-state index >= 15 is 0 Å². The standard InChI is InChI=1S/C12H25NO2S/c1-7-16-9-12(5,6)8-13-10(14)15-11(2,3)4/h7-9H2,1-6H3,(H,13,14). The maximum atomic E-state index is 11.4. The minimum atomic E-state index is -0.424. The number of carbonyl (C=O) groups is 1. The van der Waals surface area contributed by atoms with Crippen LogP contribution in [0.1, 0.15) is 41.5 Å². The van der Waals surface area contributed by atoms with Crippen molar-refractivity contribution in [3.05, 3.63) is 0 Å². The highest BCUT2D eigenvalue weighted by molar-refractivity contribution is 7.99. The lowest BCUT2D eigenvalue weighted by molar-refractivity contribution is 0.0510. The average molecular weight is 247 g/mol. The Balaban J connectivity index is 3.90. The molecule has 0 saturated carbocycles. The minimum absolute atomic E-state index is 0.109. The molecular formula is C12H25NO2S. The van der Waals surface area contributed by atoms with Crippen molar-refractivity contribution < 1.29 is 9.53 Å². The highest BCUT2D eigenvalue weighted by Crippen LogP contribution is 2.20. The van der Waals surface area contributed by atoms with Gasteiger partial charge in [-0.3, -0.25) is 0 Å². The Kier molecular flexibility index (Phi) is 6.23. The molecule has 0 aliphatic carbocycles. The molecule has 96 valence electrons. The number of alkyl carbamates (subject to hydrolysis) is 1. The molecule has 4 heteroatoms. The molecule has 0 atom stereocenters. The van der Waals surface area contributed by atoms with Crippen LogP contribution in [-0.4, -0.2) is 29.7 Å². The fourth-order valence-electron chi connectivity index (χ4n) is 1.06. The maximum Gasteiger partial charge on any atom is 0.407 e. The summed E-state index contributed by atoms with van der Waals surface area (Å²) in [5, 5.41) is 2.81. The first-order chi connectivity index (χ1) is 7.16. The van der Waals surface area contributed by atoms with Crippen LogP contribution in [0.5, 0.6) is 0 Å². The van der Waals surface area contributed by atoms with Gasteiger partial charge < -0.3 is 10.1 Å². The van der Waals surface area contributed by atoms with E-state index in [1.54, 1.807) is 0 Å². The van der Waals surface area contributed by atoms with Crippen molar-refractivity contribution in [2.24, 2.45) is 5.41 Å². The fraction of sp³-hybridized carbons (Fsp3) is 0.917. The molecule has 1 N–H and O–H groups in total. The summed E-state index contributed by atoms with van der Waals surface area (Å²) in [6, 6.07) is 0. The summed E-state index contributed by atoms with van der Waals surface area (Å²) in [4.78, 5) is 11.4. The van der Waals surface area contributed by atoms with Crippen LogP contribution in [-0.2, 0) is 4.74 Å². The molecule has 0 saturated heterocycles. The zero-order chi connectivity index (χ0) is 12.8. The van der Waals surface area contributed by atoms with Crippen molar-refractivity contribution in [1.29, 1.82) is 0 Å². The van der Waals surface area contributed by atoms with E-state index in [-0.39, 0.29) is 11.5 Å². The summed E-state index contributed by atoms with van der Waals surface area (Å²) >= 11 is 1.89. The summed E-state index contributed by atoms with van der Waals surface area (Å²) in [6.45, 7) is 12.7. The number of nitrogens with one attached hydrogen (secondary N) is 1. The van der Waals surface area contributed by atoms with Crippen molar-refractivity contribution in [2.75, 3.05) is 18.1 Å². The zero-order valence-electron chi connectivity index (χ0n) is 11.3. The zero-order valence-corrected chi connectivity index (χ0v) is 12.2. The van der Waals surface area contributed by atoms with Gasteiger partial charge in [0.15, 0.2) is 0 Å². The van der Waals surface area contributed by atoms with Gasteiger partial charge in [0.2, 0.25) is 0 Å². The predicted molar refractivity (Wildman–Crippen MR) is 71.0 cm³/mol. The van der Waals surface area contributed by atoms with Gasteiger partial charge in [-0.15, -0.1) is 0 Å². The van der Waals surface area contributed by atoms with Crippen LogP contribution >= 0.6 is 11.8 Å². The van der Waals surface area contributed by atoms with Crippen LogP contribution < -0.4 is 5.32 Å². The second-order valence-corrected chi connectivity index (χ2v) is 6.93. The number of ether oxygens (including phenoxy) is 1. The second-order valence-electron chi connectivity index (χ2n) is 5.66. The molecular weight excluding hydrogens is 222 g/mol. The van der Waals surface area contributed by atoms with E-state index < -0.39 is 5.60 Å². The van der Waals surface area contributed by atoms with E-state index in [9.17, 15) is 4.79 Å². The summed E-state index contributed by atoms with van der Waals surface area (Å²) in [5.74, 6) is 2.15. The normalized spacial score (nSPS) is 12.4. The largest absolute Gasteiger partial charge is 0.444 e. The molecule has 0 heterocycles. The lowest BCUT2D eigenvalue weighted by Gasteiger charge is -2.26. The predicted octanol–water partition coefficient (Wildman–Crippen LogP) is 3.29. The van der Waals surface area contributed by atoms with Gasteiger partial charge in [-0.05, 0) is 31.9 Å². The van der Waals surface area contributed by atoms with Crippen molar-refractivity contribution in [1.82, 2.24) is 5.32 Å². The first-order valence-electron chi connectivity index (χ1n) is 5.71. The number of rotatable bonds is 5. The molecule has 0 aromatic carbocycles. The van der Waals surface area contributed by atoms with Crippen LogP contribution in [0.4, 0.5) is 4.79 Å². The van der Waals surface area contributed by atoms with E-state index in [1.165, 1.54) is 0 Å². The van der Waals surface area contributed by atoms with E-state index in [2.05, 4.69) is 26.1 Å². The van der Waals surface area contributed by atoms with Gasteiger partial charge in [-0.2, -0.15) is 11.8 Å². The van der Waals surface area contributed by atoms with E-state index in [1.807, 2.05) is 32.5 Å². The van der Waals surface area contributed by atoms with E-state index in [0.717, 1.165) is 11.5 Å². The minimum Gasteiger partial charge on any atom is -0.444 e. The Morgan fingerprint density at radius 3 is 2.25 bits per heavy atom. The summed E-state index contributed by atoms with van der Waals surface area (Å²) in [5.41, 5.74) is -0.316. The molecule has 0 rings (SSSR count). The number of thioether (sulfide) groups is 1. The van der Waals surface area contributed by atoms with Gasteiger partial charge in [-0.25, -0.2) is 4.79 Å². The summed E-state index contributed by atoms with van der Waals surface area (Å²) in [6.07, 6.45) is -0.331. The first-order valence-corrected chi connectivity index (χ1v) is 6.86. The topological polar surface area (TPSA) is 38.3 Å². The summed E-state index contributed by atoms with van der Waals surface area (Å²) in [7, 11) is 0. The Hall–Kier alpha value is -0.380. The number of carbonyl (C=O) groups excluding carboxylic acids is 1. The van der Waals surface area contributed by atoms with Crippen LogP contribution in [0.25, 0.3) is 0 Å². The van der Waals surface area contributed by atoms with Crippen molar-refractivity contribution in [3.63, 3.8) is 0 Å². The molecule has 0 aromatic heterocycles. The van der Waals surface area contributed by atoms with Gasteiger partial charge in [0, 0.05) is 12.3 Å². The third-order valence-electron chi connectivity index (χ3n) is 1.81. The lowest BCUT2D eigenvalue weighted by atomic mass is 9.97. The number of amides is 1. The molecule has 0 aliphatic heterocycles. The number of hydrogen-bond donors (Lipinski definition) is 1. The molecule has 16 heavy (non-hydrogen) atoms. The molecule has 0 bridgehead atoms. The van der Waals surface area contributed by atoms with Gasteiger partial charge in [0.25, 0.3) is 0 Å². The van der Waals surface area contributed by atoms with Crippen LogP contribution in [0.2, 0.25) is 0 Å². The Morgan fingerprint density at radius 2 is 1.81 bits per heavy atom. The molecule has 0 aromatic rings. The molecule has 0 aliphatic rings.